The molecule has 2 N–H and O–H groups in total. The van der Waals surface area contributed by atoms with Gasteiger partial charge in [-0.1, -0.05) is 0 Å². The molecule has 2 atom stereocenters. The van der Waals surface area contributed by atoms with Gasteiger partial charge in [0.25, 0.3) is 0 Å². The molecule has 0 radical (unpaired) electrons. The van der Waals surface area contributed by atoms with Crippen LogP contribution in [0, 0.1) is 0 Å². The number of nitrogens with zero attached hydrogens (tertiary/aromatic N) is 1. The minimum absolute atomic E-state index is 0.0834. The van der Waals surface area contributed by atoms with E-state index in [1.54, 1.807) is 0 Å². The third kappa shape index (κ3) is 7.61. The normalized spacial score (nSPS) is 16.4. The van der Waals surface area contributed by atoms with Gasteiger partial charge >= 0.3 is 10.3 Å². The summed E-state index contributed by atoms with van der Waals surface area (Å²) in [6.45, 7) is -0.176. The van der Waals surface area contributed by atoms with Gasteiger partial charge in [0.2, 0.25) is 0 Å². The topological polar surface area (TPSA) is 87.1 Å². The quantitative estimate of drug-likeness (QED) is 0.484. The molecule has 0 saturated heterocycles. The molecule has 0 spiro atoms. The zero-order valence-electron chi connectivity index (χ0n) is 8.71. The Morgan fingerprint density at radius 3 is 2.44 bits per heavy atom. The van der Waals surface area contributed by atoms with E-state index in [-0.39, 0.29) is 31.0 Å². The van der Waals surface area contributed by atoms with Gasteiger partial charge in [-0.15, -0.1) is 23.2 Å². The van der Waals surface area contributed by atoms with Crippen LogP contribution in [0.4, 0.5) is 0 Å². The first kappa shape index (κ1) is 16.4. The third-order valence-electron chi connectivity index (χ3n) is 1.64. The van der Waals surface area contributed by atoms with Gasteiger partial charge in [0, 0.05) is 19.5 Å². The molecular formula is C7H15Cl2NO5S. The fourth-order valence-corrected chi connectivity index (χ4v) is 1.36. The number of halogens is 2. The molecule has 0 aliphatic heterocycles. The number of rotatable bonds is 8. The zero-order chi connectivity index (χ0) is 12.8. The van der Waals surface area contributed by atoms with Crippen molar-refractivity contribution in [1.82, 2.24) is 4.31 Å². The van der Waals surface area contributed by atoms with Gasteiger partial charge < -0.3 is 9.84 Å². The van der Waals surface area contributed by atoms with Crippen molar-refractivity contribution in [2.45, 2.75) is 11.5 Å². The lowest BCUT2D eigenvalue weighted by Gasteiger charge is -2.17. The zero-order valence-corrected chi connectivity index (χ0v) is 11.0. The van der Waals surface area contributed by atoms with E-state index in [1.807, 2.05) is 0 Å². The molecule has 0 aliphatic carbocycles. The second kappa shape index (κ2) is 7.65. The summed E-state index contributed by atoms with van der Waals surface area (Å²) in [4.78, 5) is 0. The number of aliphatic hydroxyl groups is 1. The molecule has 0 aromatic carbocycles. The van der Waals surface area contributed by atoms with E-state index in [2.05, 4.69) is 0 Å². The van der Waals surface area contributed by atoms with E-state index in [0.29, 0.717) is 4.31 Å². The van der Waals surface area contributed by atoms with E-state index in [0.717, 1.165) is 7.05 Å². The molecule has 0 saturated carbocycles. The van der Waals surface area contributed by atoms with Crippen LogP contribution < -0.4 is 0 Å². The van der Waals surface area contributed by atoms with Crippen LogP contribution in [0.15, 0.2) is 0 Å². The maximum absolute atomic E-state index is 10.6. The van der Waals surface area contributed by atoms with Crippen molar-refractivity contribution in [3.8, 4) is 0 Å². The lowest BCUT2D eigenvalue weighted by atomic mass is 10.4. The van der Waals surface area contributed by atoms with Crippen LogP contribution in [0.25, 0.3) is 0 Å². The van der Waals surface area contributed by atoms with Crippen molar-refractivity contribution in [3.63, 3.8) is 0 Å². The largest absolute Gasteiger partial charge is 0.389 e. The molecule has 0 aliphatic rings. The summed E-state index contributed by atoms with van der Waals surface area (Å²) in [5.41, 5.74) is 0. The Balaban J connectivity index is 3.79. The Morgan fingerprint density at radius 1 is 1.44 bits per heavy atom. The highest BCUT2D eigenvalue weighted by atomic mass is 35.5. The number of ether oxygens (including phenoxy) is 1. The van der Waals surface area contributed by atoms with Crippen molar-refractivity contribution in [2.24, 2.45) is 0 Å². The average molecular weight is 296 g/mol. The summed E-state index contributed by atoms with van der Waals surface area (Å²) in [7, 11) is -3.13. The Kier molecular flexibility index (Phi) is 7.83. The Hall–Kier alpha value is 0.370. The van der Waals surface area contributed by atoms with Crippen molar-refractivity contribution in [3.05, 3.63) is 0 Å². The van der Waals surface area contributed by atoms with Crippen molar-refractivity contribution >= 4 is 33.5 Å². The molecular weight excluding hydrogens is 281 g/mol. The van der Waals surface area contributed by atoms with Crippen LogP contribution in [-0.2, 0) is 15.0 Å². The molecule has 0 heterocycles. The summed E-state index contributed by atoms with van der Waals surface area (Å²) in [5, 5.41) is 9.00. The number of likely N-dealkylation sites (N-methyl/N-ethyl adjacent to an activating group) is 1. The van der Waals surface area contributed by atoms with Gasteiger partial charge in [0.15, 0.2) is 0 Å². The Morgan fingerprint density at radius 2 is 2.00 bits per heavy atom. The summed E-state index contributed by atoms with van der Waals surface area (Å²) < 4.78 is 35.4. The van der Waals surface area contributed by atoms with Crippen LogP contribution in [-0.4, -0.2) is 66.5 Å². The van der Waals surface area contributed by atoms with Gasteiger partial charge in [-0.25, -0.2) is 0 Å². The maximum Gasteiger partial charge on any atom is 0.335 e. The maximum atomic E-state index is 10.6. The number of hydrogen-bond acceptors (Lipinski definition) is 4. The van der Waals surface area contributed by atoms with Crippen molar-refractivity contribution < 1.29 is 22.8 Å². The first-order valence-electron chi connectivity index (χ1n) is 4.42. The smallest absolute Gasteiger partial charge is 0.335 e. The second-order valence-electron chi connectivity index (χ2n) is 3.20. The molecule has 0 rings (SSSR count). The van der Waals surface area contributed by atoms with Crippen LogP contribution in [0.1, 0.15) is 0 Å². The molecule has 6 nitrogen and oxygen atoms in total. The van der Waals surface area contributed by atoms with E-state index in [4.69, 9.17) is 32.5 Å². The fourth-order valence-electron chi connectivity index (χ4n) is 0.820. The van der Waals surface area contributed by atoms with Crippen molar-refractivity contribution in [2.75, 3.05) is 32.7 Å². The minimum Gasteiger partial charge on any atom is -0.389 e. The molecule has 9 heteroatoms. The fraction of sp³-hybridized carbons (Fsp3) is 1.00. The van der Waals surface area contributed by atoms with Crippen LogP contribution in [0.3, 0.4) is 0 Å². The van der Waals surface area contributed by atoms with Gasteiger partial charge in [0.05, 0.1) is 24.7 Å². The number of alkyl halides is 2. The predicted molar refractivity (Wildman–Crippen MR) is 61.4 cm³/mol. The highest BCUT2D eigenvalue weighted by Crippen LogP contribution is 2.01. The lowest BCUT2D eigenvalue weighted by Crippen LogP contribution is -2.36. The third-order valence-corrected chi connectivity index (χ3v) is 3.39. The minimum atomic E-state index is -4.27. The van der Waals surface area contributed by atoms with Gasteiger partial charge in [0.1, 0.15) is 0 Å². The lowest BCUT2D eigenvalue weighted by molar-refractivity contribution is 0.0305. The number of aliphatic hydroxyl groups excluding tert-OH is 1. The van der Waals surface area contributed by atoms with E-state index < -0.39 is 16.4 Å². The Bertz CT molecular complexity index is 287. The van der Waals surface area contributed by atoms with Gasteiger partial charge in [-0.05, 0) is 0 Å². The van der Waals surface area contributed by atoms with E-state index >= 15 is 0 Å². The molecule has 0 fully saturated rings. The molecule has 2 unspecified atom stereocenters. The monoisotopic (exact) mass is 295 g/mol. The number of hydrogen-bond donors (Lipinski definition) is 2. The van der Waals surface area contributed by atoms with E-state index in [1.165, 1.54) is 0 Å². The van der Waals surface area contributed by atoms with Crippen molar-refractivity contribution in [1.29, 1.82) is 0 Å². The van der Waals surface area contributed by atoms with Crippen LogP contribution in [0.5, 0.6) is 0 Å². The first-order valence-corrected chi connectivity index (χ1v) is 6.78. The standard InChI is InChI=1S/C7H15Cl2NO5S/c1-10(16(12,13)14)3-7(11)5-15-4-6(9)2-8/h6-7,11H,2-5H2,1H3,(H,12,13,14). The molecule has 0 amide bonds. The van der Waals surface area contributed by atoms with Crippen LogP contribution >= 0.6 is 23.2 Å². The highest BCUT2D eigenvalue weighted by molar-refractivity contribution is 7.83. The molecule has 98 valence electrons. The summed E-state index contributed by atoms with van der Waals surface area (Å²) in [6, 6.07) is 0. The summed E-state index contributed by atoms with van der Waals surface area (Å²) >= 11 is 11.1. The van der Waals surface area contributed by atoms with Crippen LogP contribution in [0.2, 0.25) is 0 Å². The molecule has 0 bridgehead atoms. The van der Waals surface area contributed by atoms with Gasteiger partial charge in [-0.3, -0.25) is 4.55 Å². The molecule has 16 heavy (non-hydrogen) atoms. The van der Waals surface area contributed by atoms with E-state index in [9.17, 15) is 13.5 Å². The molecule has 0 aromatic rings. The molecule has 0 aromatic heterocycles. The summed E-state index contributed by atoms with van der Waals surface area (Å²) in [6.07, 6.45) is -1.04. The SMILES string of the molecule is CN(CC(O)COCC(Cl)CCl)S(=O)(=O)O. The highest BCUT2D eigenvalue weighted by Gasteiger charge is 2.17. The van der Waals surface area contributed by atoms with Gasteiger partial charge in [-0.2, -0.15) is 12.7 Å². The first-order chi connectivity index (χ1) is 7.27. The Labute approximate surface area is 105 Å². The predicted octanol–water partition coefficient (Wildman–Crippen LogP) is -0.0553. The average Bonchev–Trinajstić information content (AvgIpc) is 2.15. The second-order valence-corrected chi connectivity index (χ2v) is 5.65. The summed E-state index contributed by atoms with van der Waals surface area (Å²) in [5.74, 6) is 0.225.